The molecule has 0 saturated carbocycles. The van der Waals surface area contributed by atoms with Crippen LogP contribution in [0.15, 0.2) is 77.7 Å². The molecule has 0 aliphatic rings. The van der Waals surface area contributed by atoms with Gasteiger partial charge in [-0.15, -0.1) is 0 Å². The first kappa shape index (κ1) is 26.0. The number of amides is 1. The van der Waals surface area contributed by atoms with Gasteiger partial charge in [-0.25, -0.2) is 4.39 Å². The maximum absolute atomic E-state index is 13.2. The molecule has 0 fully saturated rings. The fourth-order valence-electron chi connectivity index (χ4n) is 3.32. The van der Waals surface area contributed by atoms with E-state index in [4.69, 9.17) is 13.7 Å². The predicted molar refractivity (Wildman–Crippen MR) is 129 cm³/mol. The highest BCUT2D eigenvalue weighted by Gasteiger charge is 2.21. The SMILES string of the molecule is COc1ccc(CN(CC(C)C)C(=O)COc2ccccc2)cc1OS(=O)(=O)c1ccc(F)cc1. The lowest BCUT2D eigenvalue weighted by atomic mass is 10.1. The molecule has 1 amide bonds. The van der Waals surface area contributed by atoms with E-state index >= 15 is 0 Å². The number of benzene rings is 3. The summed E-state index contributed by atoms with van der Waals surface area (Å²) in [7, 11) is -2.84. The Labute approximate surface area is 205 Å². The fraction of sp³-hybridized carbons (Fsp3) is 0.269. The molecule has 0 saturated heterocycles. The fourth-order valence-corrected chi connectivity index (χ4v) is 4.25. The number of rotatable bonds is 11. The molecule has 3 aromatic carbocycles. The van der Waals surface area contributed by atoms with Crippen LogP contribution >= 0.6 is 0 Å². The third-order valence-electron chi connectivity index (χ3n) is 4.95. The molecule has 35 heavy (non-hydrogen) atoms. The zero-order chi connectivity index (χ0) is 25.4. The van der Waals surface area contributed by atoms with Gasteiger partial charge in [0.25, 0.3) is 5.91 Å². The van der Waals surface area contributed by atoms with E-state index in [9.17, 15) is 17.6 Å². The second-order valence-electron chi connectivity index (χ2n) is 8.25. The zero-order valence-corrected chi connectivity index (χ0v) is 20.6. The number of carbonyl (C=O) groups is 1. The van der Waals surface area contributed by atoms with Crippen molar-refractivity contribution in [3.63, 3.8) is 0 Å². The Balaban J connectivity index is 1.79. The van der Waals surface area contributed by atoms with E-state index in [1.54, 1.807) is 29.2 Å². The molecule has 3 rings (SSSR count). The maximum Gasteiger partial charge on any atom is 0.339 e. The average Bonchev–Trinajstić information content (AvgIpc) is 2.83. The van der Waals surface area contributed by atoms with Gasteiger partial charge in [0.05, 0.1) is 7.11 Å². The summed E-state index contributed by atoms with van der Waals surface area (Å²) in [6.45, 7) is 4.56. The summed E-state index contributed by atoms with van der Waals surface area (Å²) >= 11 is 0. The Morgan fingerprint density at radius 3 is 2.29 bits per heavy atom. The molecular formula is C26H28FNO6S. The molecule has 186 valence electrons. The monoisotopic (exact) mass is 501 g/mol. The number of halogens is 1. The van der Waals surface area contributed by atoms with E-state index in [0.717, 1.165) is 24.3 Å². The van der Waals surface area contributed by atoms with Crippen molar-refractivity contribution in [3.8, 4) is 17.2 Å². The summed E-state index contributed by atoms with van der Waals surface area (Å²) in [6, 6.07) is 18.2. The predicted octanol–water partition coefficient (Wildman–Crippen LogP) is 4.67. The number of methoxy groups -OCH3 is 1. The lowest BCUT2D eigenvalue weighted by molar-refractivity contribution is -0.134. The highest BCUT2D eigenvalue weighted by molar-refractivity contribution is 7.87. The van der Waals surface area contributed by atoms with Gasteiger partial charge in [-0.2, -0.15) is 8.42 Å². The molecule has 0 heterocycles. The lowest BCUT2D eigenvalue weighted by Gasteiger charge is -2.25. The molecule has 0 aliphatic heterocycles. The van der Waals surface area contributed by atoms with Crippen LogP contribution in [-0.2, 0) is 21.5 Å². The van der Waals surface area contributed by atoms with Crippen LogP contribution in [0.5, 0.6) is 17.2 Å². The van der Waals surface area contributed by atoms with Gasteiger partial charge in [0, 0.05) is 13.1 Å². The van der Waals surface area contributed by atoms with Crippen molar-refractivity contribution in [1.29, 1.82) is 0 Å². The standard InChI is InChI=1S/C26H28FNO6S/c1-19(2)16-28(26(29)18-33-22-7-5-4-6-8-22)17-20-9-14-24(32-3)25(15-20)34-35(30,31)23-12-10-21(27)11-13-23/h4-15,19H,16-18H2,1-3H3. The van der Waals surface area contributed by atoms with Crippen LogP contribution in [0.2, 0.25) is 0 Å². The molecule has 0 unspecified atom stereocenters. The molecule has 0 aromatic heterocycles. The van der Waals surface area contributed by atoms with Gasteiger partial charge in [-0.1, -0.05) is 38.1 Å². The van der Waals surface area contributed by atoms with E-state index in [2.05, 4.69) is 0 Å². The van der Waals surface area contributed by atoms with E-state index in [1.165, 1.54) is 13.2 Å². The first-order valence-corrected chi connectivity index (χ1v) is 12.4. The van der Waals surface area contributed by atoms with Gasteiger partial charge in [0.2, 0.25) is 0 Å². The summed E-state index contributed by atoms with van der Waals surface area (Å²) in [5, 5.41) is 0. The van der Waals surface area contributed by atoms with Gasteiger partial charge < -0.3 is 18.6 Å². The number of hydrogen-bond donors (Lipinski definition) is 0. The van der Waals surface area contributed by atoms with Crippen LogP contribution in [0.1, 0.15) is 19.4 Å². The summed E-state index contributed by atoms with van der Waals surface area (Å²) < 4.78 is 54.8. The van der Waals surface area contributed by atoms with Gasteiger partial charge in [-0.05, 0) is 60.0 Å². The Morgan fingerprint density at radius 2 is 1.66 bits per heavy atom. The molecule has 0 N–H and O–H groups in total. The normalized spacial score (nSPS) is 11.2. The van der Waals surface area contributed by atoms with E-state index in [-0.39, 0.29) is 41.4 Å². The first-order chi connectivity index (χ1) is 16.7. The van der Waals surface area contributed by atoms with Gasteiger partial charge >= 0.3 is 10.1 Å². The number of nitrogens with zero attached hydrogens (tertiary/aromatic N) is 1. The minimum absolute atomic E-state index is 0.0354. The molecule has 3 aromatic rings. The summed E-state index contributed by atoms with van der Waals surface area (Å²) in [4.78, 5) is 14.4. The van der Waals surface area contributed by atoms with Gasteiger partial charge in [-0.3, -0.25) is 4.79 Å². The highest BCUT2D eigenvalue weighted by atomic mass is 32.2. The average molecular weight is 502 g/mol. The molecule has 0 radical (unpaired) electrons. The van der Waals surface area contributed by atoms with Crippen molar-refractivity contribution < 1.29 is 31.3 Å². The van der Waals surface area contributed by atoms with Crippen molar-refractivity contribution in [2.24, 2.45) is 5.92 Å². The summed E-state index contributed by atoms with van der Waals surface area (Å²) in [5.41, 5.74) is 0.642. The number of ether oxygens (including phenoxy) is 2. The molecule has 0 atom stereocenters. The molecule has 0 aliphatic carbocycles. The minimum atomic E-state index is -4.23. The van der Waals surface area contributed by atoms with E-state index in [1.807, 2.05) is 32.0 Å². The van der Waals surface area contributed by atoms with Crippen LogP contribution in [0.3, 0.4) is 0 Å². The summed E-state index contributed by atoms with van der Waals surface area (Å²) in [6.07, 6.45) is 0. The molecular weight excluding hydrogens is 473 g/mol. The Morgan fingerprint density at radius 1 is 0.971 bits per heavy atom. The zero-order valence-electron chi connectivity index (χ0n) is 19.8. The van der Waals surface area contributed by atoms with Crippen molar-refractivity contribution in [2.45, 2.75) is 25.3 Å². The quantitative estimate of drug-likeness (QED) is 0.355. The summed E-state index contributed by atoms with van der Waals surface area (Å²) in [5.74, 6) is 0.190. The molecule has 0 spiro atoms. The second kappa shape index (κ2) is 11.7. The molecule has 9 heteroatoms. The molecule has 0 bridgehead atoms. The van der Waals surface area contributed by atoms with Gasteiger partial charge in [0.1, 0.15) is 16.5 Å². The van der Waals surface area contributed by atoms with Crippen molar-refractivity contribution in [1.82, 2.24) is 4.90 Å². The first-order valence-electron chi connectivity index (χ1n) is 11.0. The Bertz CT molecular complexity index is 1230. The third-order valence-corrected chi connectivity index (χ3v) is 6.20. The van der Waals surface area contributed by atoms with Gasteiger partial charge in [0.15, 0.2) is 18.1 Å². The van der Waals surface area contributed by atoms with Crippen LogP contribution in [0.25, 0.3) is 0 Å². The topological polar surface area (TPSA) is 82.1 Å². The Kier molecular flexibility index (Phi) is 8.70. The van der Waals surface area contributed by atoms with Crippen molar-refractivity contribution >= 4 is 16.0 Å². The molecule has 7 nitrogen and oxygen atoms in total. The Hall–Kier alpha value is -3.59. The van der Waals surface area contributed by atoms with Crippen LogP contribution in [0, 0.1) is 11.7 Å². The lowest BCUT2D eigenvalue weighted by Crippen LogP contribution is -2.37. The largest absolute Gasteiger partial charge is 0.493 e. The van der Waals surface area contributed by atoms with E-state index in [0.29, 0.717) is 17.9 Å². The van der Waals surface area contributed by atoms with E-state index < -0.39 is 15.9 Å². The second-order valence-corrected chi connectivity index (χ2v) is 9.79. The minimum Gasteiger partial charge on any atom is -0.493 e. The van der Waals surface area contributed by atoms with Crippen LogP contribution < -0.4 is 13.7 Å². The van der Waals surface area contributed by atoms with Crippen LogP contribution in [0.4, 0.5) is 4.39 Å². The van der Waals surface area contributed by atoms with Crippen LogP contribution in [-0.4, -0.2) is 39.5 Å². The van der Waals surface area contributed by atoms with Crippen molar-refractivity contribution in [3.05, 3.63) is 84.2 Å². The number of para-hydroxylation sites is 1. The number of hydrogen-bond acceptors (Lipinski definition) is 6. The third kappa shape index (κ3) is 7.45. The highest BCUT2D eigenvalue weighted by Crippen LogP contribution is 2.31. The number of carbonyl (C=O) groups excluding carboxylic acids is 1. The van der Waals surface area contributed by atoms with Crippen molar-refractivity contribution in [2.75, 3.05) is 20.3 Å². The smallest absolute Gasteiger partial charge is 0.339 e. The maximum atomic E-state index is 13.2.